The summed E-state index contributed by atoms with van der Waals surface area (Å²) >= 11 is 0.726. The Morgan fingerprint density at radius 2 is 2.00 bits per heavy atom. The van der Waals surface area contributed by atoms with Crippen LogP contribution in [0, 0.1) is 6.92 Å². The quantitative estimate of drug-likeness (QED) is 0.518. The minimum Gasteiger partial charge on any atom is -0.493 e. The maximum absolute atomic E-state index is 11.7. The number of nitrogens with zero attached hydrogens (tertiary/aromatic N) is 2. The second kappa shape index (κ2) is 9.86. The van der Waals surface area contributed by atoms with Gasteiger partial charge < -0.3 is 19.2 Å². The number of pyridine rings is 1. The molecule has 8 nitrogen and oxygen atoms in total. The first kappa shape index (κ1) is 21.9. The van der Waals surface area contributed by atoms with E-state index >= 15 is 0 Å². The second-order valence-corrected chi connectivity index (χ2v) is 8.31. The average Bonchev–Trinajstić information content (AvgIpc) is 3.31. The number of carbonyl (C=O) groups is 2. The first-order valence-corrected chi connectivity index (χ1v) is 11.1. The van der Waals surface area contributed by atoms with Gasteiger partial charge in [0.2, 0.25) is 16.9 Å². The molecule has 3 aromatic rings. The van der Waals surface area contributed by atoms with Crippen molar-refractivity contribution in [1.29, 1.82) is 0 Å². The Kier molecular flexibility index (Phi) is 6.75. The summed E-state index contributed by atoms with van der Waals surface area (Å²) in [6.07, 6.45) is 2.37. The molecule has 1 fully saturated rings. The number of thioether (sulfide) groups is 1. The summed E-state index contributed by atoms with van der Waals surface area (Å²) in [5.41, 5.74) is 1.78. The summed E-state index contributed by atoms with van der Waals surface area (Å²) < 4.78 is 17.4. The van der Waals surface area contributed by atoms with Crippen molar-refractivity contribution < 1.29 is 23.5 Å². The van der Waals surface area contributed by atoms with E-state index in [4.69, 9.17) is 13.9 Å². The molecule has 1 saturated heterocycles. The molecular weight excluding hydrogens is 430 g/mol. The zero-order valence-corrected chi connectivity index (χ0v) is 18.6. The van der Waals surface area contributed by atoms with Gasteiger partial charge in [0.15, 0.2) is 6.10 Å². The third-order valence-corrected chi connectivity index (χ3v) is 5.72. The number of nitrogens with one attached hydrogen (secondary N) is 1. The Hall–Kier alpha value is -3.33. The predicted octanol–water partition coefficient (Wildman–Crippen LogP) is 4.03. The van der Waals surface area contributed by atoms with Crippen molar-refractivity contribution in [2.75, 3.05) is 6.61 Å². The van der Waals surface area contributed by atoms with Crippen LogP contribution in [0.1, 0.15) is 35.9 Å². The third kappa shape index (κ3) is 5.47. The average molecular weight is 454 g/mol. The molecule has 0 aliphatic carbocycles. The smallest absolute Gasteiger partial charge is 0.287 e. The molecule has 1 amide bonds. The van der Waals surface area contributed by atoms with Crippen molar-refractivity contribution in [3.63, 3.8) is 0 Å². The summed E-state index contributed by atoms with van der Waals surface area (Å²) in [5.74, 6) is 2.47. The van der Waals surface area contributed by atoms with E-state index in [1.807, 2.05) is 50.2 Å². The van der Waals surface area contributed by atoms with Crippen LogP contribution in [0.25, 0.3) is 0 Å². The fourth-order valence-electron chi connectivity index (χ4n) is 3.25. The zero-order chi connectivity index (χ0) is 22.5. The van der Waals surface area contributed by atoms with Gasteiger partial charge in [-0.05, 0) is 37.6 Å². The highest BCUT2D eigenvalue weighted by Crippen LogP contribution is 2.23. The number of benzene rings is 1. The second-order valence-electron chi connectivity index (χ2n) is 7.34. The standard InChI is InChI=1S/C23H23N3O5S/c1-14-18(25-21(31-14)15(2)30-20-5-3-4-11-24-20)10-12-29-17-8-6-16(7-9-17)13-19-22(27)32-23(28)26-19/h3-9,11,15,19H,10,12-13H2,1-2H3,(H,26,28). The molecule has 2 unspecified atom stereocenters. The van der Waals surface area contributed by atoms with E-state index in [-0.39, 0.29) is 16.5 Å². The number of carbonyl (C=O) groups excluding carboxylic acids is 2. The van der Waals surface area contributed by atoms with Gasteiger partial charge in [0.25, 0.3) is 5.24 Å². The van der Waals surface area contributed by atoms with E-state index in [1.54, 1.807) is 12.3 Å². The Bertz CT molecular complexity index is 1080. The molecule has 4 rings (SSSR count). The first-order chi connectivity index (χ1) is 15.5. The zero-order valence-electron chi connectivity index (χ0n) is 17.7. The lowest BCUT2D eigenvalue weighted by molar-refractivity contribution is -0.112. The highest BCUT2D eigenvalue weighted by atomic mass is 32.2. The number of hydrogen-bond donors (Lipinski definition) is 1. The SMILES string of the molecule is Cc1oc(C(C)Oc2ccccn2)nc1CCOc1ccc(CC2NC(=O)SC2=O)cc1. The fraction of sp³-hybridized carbons (Fsp3) is 0.304. The summed E-state index contributed by atoms with van der Waals surface area (Å²) in [6.45, 7) is 4.18. The van der Waals surface area contributed by atoms with Gasteiger partial charge in [-0.1, -0.05) is 18.2 Å². The number of aromatic nitrogens is 2. The molecule has 1 aliphatic rings. The molecule has 1 aliphatic heterocycles. The maximum Gasteiger partial charge on any atom is 0.287 e. The van der Waals surface area contributed by atoms with Crippen molar-refractivity contribution in [2.24, 2.45) is 0 Å². The number of hydrogen-bond acceptors (Lipinski definition) is 8. The summed E-state index contributed by atoms with van der Waals surface area (Å²) in [5, 5.41) is 2.23. The number of rotatable bonds is 9. The van der Waals surface area contributed by atoms with Crippen LogP contribution in [0.15, 0.2) is 53.1 Å². The van der Waals surface area contributed by atoms with Gasteiger partial charge in [0.05, 0.1) is 12.3 Å². The molecule has 0 bridgehead atoms. The van der Waals surface area contributed by atoms with Crippen LogP contribution in [-0.2, 0) is 17.6 Å². The normalized spacial score (nSPS) is 16.6. The Labute approximate surface area is 189 Å². The van der Waals surface area contributed by atoms with Crippen molar-refractivity contribution in [3.8, 4) is 11.6 Å². The largest absolute Gasteiger partial charge is 0.493 e. The van der Waals surface area contributed by atoms with Crippen LogP contribution < -0.4 is 14.8 Å². The molecule has 32 heavy (non-hydrogen) atoms. The topological polar surface area (TPSA) is 104 Å². The van der Waals surface area contributed by atoms with Gasteiger partial charge in [-0.3, -0.25) is 9.59 Å². The highest BCUT2D eigenvalue weighted by molar-refractivity contribution is 8.26. The Morgan fingerprint density at radius 3 is 2.69 bits per heavy atom. The van der Waals surface area contributed by atoms with Gasteiger partial charge in [-0.25, -0.2) is 9.97 Å². The molecule has 1 N–H and O–H groups in total. The van der Waals surface area contributed by atoms with E-state index in [0.29, 0.717) is 31.2 Å². The van der Waals surface area contributed by atoms with Gasteiger partial charge >= 0.3 is 0 Å². The lowest BCUT2D eigenvalue weighted by atomic mass is 10.1. The van der Waals surface area contributed by atoms with Crippen LogP contribution >= 0.6 is 11.8 Å². The van der Waals surface area contributed by atoms with Crippen LogP contribution in [0.2, 0.25) is 0 Å². The van der Waals surface area contributed by atoms with Gasteiger partial charge in [0, 0.05) is 36.9 Å². The molecular formula is C23H23N3O5S. The Balaban J connectivity index is 1.27. The van der Waals surface area contributed by atoms with Crippen molar-refractivity contribution in [3.05, 3.63) is 71.6 Å². The number of amides is 1. The minimum absolute atomic E-state index is 0.141. The molecule has 2 aromatic heterocycles. The lowest BCUT2D eigenvalue weighted by Crippen LogP contribution is -2.30. The van der Waals surface area contributed by atoms with Gasteiger partial charge in [-0.15, -0.1) is 0 Å². The fourth-order valence-corrected chi connectivity index (χ4v) is 3.92. The van der Waals surface area contributed by atoms with Crippen molar-refractivity contribution >= 4 is 22.1 Å². The third-order valence-electron chi connectivity index (χ3n) is 4.93. The summed E-state index contributed by atoms with van der Waals surface area (Å²) in [7, 11) is 0. The van der Waals surface area contributed by atoms with E-state index in [9.17, 15) is 9.59 Å². The van der Waals surface area contributed by atoms with Crippen molar-refractivity contribution in [2.45, 2.75) is 38.8 Å². The van der Waals surface area contributed by atoms with Crippen LogP contribution in [0.4, 0.5) is 4.79 Å². The summed E-state index contributed by atoms with van der Waals surface area (Å²) in [6, 6.07) is 12.5. The van der Waals surface area contributed by atoms with E-state index < -0.39 is 6.04 Å². The number of aryl methyl sites for hydroxylation is 1. The molecule has 3 heterocycles. The van der Waals surface area contributed by atoms with Gasteiger partial charge in [-0.2, -0.15) is 0 Å². The molecule has 0 spiro atoms. The van der Waals surface area contributed by atoms with E-state index in [2.05, 4.69) is 15.3 Å². The van der Waals surface area contributed by atoms with E-state index in [1.165, 1.54) is 0 Å². The maximum atomic E-state index is 11.7. The number of oxazole rings is 1. The highest BCUT2D eigenvalue weighted by Gasteiger charge is 2.31. The predicted molar refractivity (Wildman–Crippen MR) is 119 cm³/mol. The number of ether oxygens (including phenoxy) is 2. The molecule has 0 saturated carbocycles. The first-order valence-electron chi connectivity index (χ1n) is 10.3. The van der Waals surface area contributed by atoms with Crippen LogP contribution in [-0.4, -0.2) is 33.0 Å². The molecule has 1 aromatic carbocycles. The minimum atomic E-state index is -0.465. The van der Waals surface area contributed by atoms with E-state index in [0.717, 1.165) is 34.5 Å². The molecule has 166 valence electrons. The van der Waals surface area contributed by atoms with Crippen LogP contribution in [0.3, 0.4) is 0 Å². The van der Waals surface area contributed by atoms with Crippen LogP contribution in [0.5, 0.6) is 11.6 Å². The van der Waals surface area contributed by atoms with Crippen molar-refractivity contribution in [1.82, 2.24) is 15.3 Å². The lowest BCUT2D eigenvalue weighted by Gasteiger charge is -2.10. The monoisotopic (exact) mass is 453 g/mol. The summed E-state index contributed by atoms with van der Waals surface area (Å²) in [4.78, 5) is 31.7. The molecule has 0 radical (unpaired) electrons. The van der Waals surface area contributed by atoms with Gasteiger partial charge in [0.1, 0.15) is 17.6 Å². The molecule has 2 atom stereocenters. The molecule has 9 heteroatoms. The Morgan fingerprint density at radius 1 is 1.19 bits per heavy atom.